The van der Waals surface area contributed by atoms with E-state index in [2.05, 4.69) is 27.7 Å². The van der Waals surface area contributed by atoms with Gasteiger partial charge in [-0.05, 0) is 31.1 Å². The van der Waals surface area contributed by atoms with Gasteiger partial charge in [-0.15, -0.1) is 0 Å². The molecule has 116 valence electrons. The van der Waals surface area contributed by atoms with Gasteiger partial charge in [-0.3, -0.25) is 0 Å². The monoisotopic (exact) mass is 292 g/mol. The average molecular weight is 292 g/mol. The van der Waals surface area contributed by atoms with Crippen LogP contribution in [-0.4, -0.2) is 37.6 Å². The predicted octanol–water partition coefficient (Wildman–Crippen LogP) is 2.45. The van der Waals surface area contributed by atoms with Gasteiger partial charge in [0.05, 0.1) is 5.25 Å². The van der Waals surface area contributed by atoms with E-state index in [0.717, 1.165) is 12.8 Å². The van der Waals surface area contributed by atoms with Crippen molar-refractivity contribution in [2.45, 2.75) is 59.1 Å². The lowest BCUT2D eigenvalue weighted by Crippen LogP contribution is -2.43. The Hall–Kier alpha value is -0.130. The van der Waals surface area contributed by atoms with E-state index in [1.54, 1.807) is 4.31 Å². The van der Waals surface area contributed by atoms with Crippen LogP contribution in [0.5, 0.6) is 0 Å². The molecule has 2 N–H and O–H groups in total. The maximum Gasteiger partial charge on any atom is 0.218 e. The molecule has 0 rings (SSSR count). The summed E-state index contributed by atoms with van der Waals surface area (Å²) in [6.45, 7) is 11.8. The van der Waals surface area contributed by atoms with Crippen molar-refractivity contribution >= 4 is 10.0 Å². The molecular weight excluding hydrogens is 260 g/mol. The van der Waals surface area contributed by atoms with Crippen LogP contribution in [0, 0.1) is 11.8 Å². The standard InChI is InChI=1S/C14H32N2O2S/c1-6-14(11-15)19(17,18)16(9-7-12(2)3)10-8-13(4)5/h12-14H,6-11,15H2,1-5H3. The molecule has 0 aromatic rings. The van der Waals surface area contributed by atoms with Crippen LogP contribution >= 0.6 is 0 Å². The van der Waals surface area contributed by atoms with Gasteiger partial charge in [0.2, 0.25) is 10.0 Å². The SMILES string of the molecule is CCC(CN)S(=O)(=O)N(CCC(C)C)CCC(C)C. The van der Waals surface area contributed by atoms with Crippen LogP contribution in [0.3, 0.4) is 0 Å². The molecule has 4 nitrogen and oxygen atoms in total. The number of nitrogens with two attached hydrogens (primary N) is 1. The Bertz CT molecular complexity index is 310. The van der Waals surface area contributed by atoms with Crippen LogP contribution in [0.1, 0.15) is 53.9 Å². The molecule has 1 unspecified atom stereocenters. The molecule has 1 atom stereocenters. The van der Waals surface area contributed by atoms with Crippen LogP contribution in [0.15, 0.2) is 0 Å². The second-order valence-electron chi connectivity index (χ2n) is 6.07. The number of sulfonamides is 1. The third kappa shape index (κ3) is 6.72. The normalized spacial score (nSPS) is 14.6. The lowest BCUT2D eigenvalue weighted by molar-refractivity contribution is 0.352. The topological polar surface area (TPSA) is 63.4 Å². The number of nitrogens with zero attached hydrogens (tertiary/aromatic N) is 1. The molecule has 0 saturated carbocycles. The van der Waals surface area contributed by atoms with Gasteiger partial charge < -0.3 is 5.73 Å². The zero-order valence-corrected chi connectivity index (χ0v) is 14.0. The van der Waals surface area contributed by atoms with Crippen molar-refractivity contribution in [2.24, 2.45) is 17.6 Å². The second-order valence-corrected chi connectivity index (χ2v) is 8.29. The van der Waals surface area contributed by atoms with E-state index in [4.69, 9.17) is 5.73 Å². The molecule has 0 fully saturated rings. The zero-order valence-electron chi connectivity index (χ0n) is 13.2. The molecule has 0 aliphatic heterocycles. The molecule has 0 heterocycles. The highest BCUT2D eigenvalue weighted by Gasteiger charge is 2.29. The number of hydrogen-bond acceptors (Lipinski definition) is 3. The molecule has 5 heteroatoms. The summed E-state index contributed by atoms with van der Waals surface area (Å²) in [6.07, 6.45) is 2.38. The van der Waals surface area contributed by atoms with Gasteiger partial charge in [-0.2, -0.15) is 0 Å². The van der Waals surface area contributed by atoms with Crippen molar-refractivity contribution in [3.05, 3.63) is 0 Å². The van der Waals surface area contributed by atoms with Gasteiger partial charge in [-0.25, -0.2) is 12.7 Å². The smallest absolute Gasteiger partial charge is 0.218 e. The molecule has 0 radical (unpaired) electrons. The first-order valence-corrected chi connectivity index (χ1v) is 8.95. The average Bonchev–Trinajstić information content (AvgIpc) is 2.28. The molecule has 19 heavy (non-hydrogen) atoms. The fourth-order valence-electron chi connectivity index (χ4n) is 1.88. The van der Waals surface area contributed by atoms with E-state index >= 15 is 0 Å². The van der Waals surface area contributed by atoms with E-state index in [0.29, 0.717) is 31.3 Å². The molecule has 0 aliphatic rings. The minimum atomic E-state index is -3.25. The number of hydrogen-bond donors (Lipinski definition) is 1. The van der Waals surface area contributed by atoms with Crippen LogP contribution < -0.4 is 5.73 Å². The van der Waals surface area contributed by atoms with Gasteiger partial charge in [-0.1, -0.05) is 34.6 Å². The Morgan fingerprint density at radius 3 is 1.68 bits per heavy atom. The Balaban J connectivity index is 4.87. The Morgan fingerprint density at radius 1 is 1.00 bits per heavy atom. The Morgan fingerprint density at radius 2 is 1.42 bits per heavy atom. The lowest BCUT2D eigenvalue weighted by atomic mass is 10.1. The van der Waals surface area contributed by atoms with E-state index in [9.17, 15) is 8.42 Å². The van der Waals surface area contributed by atoms with Crippen LogP contribution in [0.25, 0.3) is 0 Å². The van der Waals surface area contributed by atoms with Crippen LogP contribution in [0.4, 0.5) is 0 Å². The van der Waals surface area contributed by atoms with Gasteiger partial charge >= 0.3 is 0 Å². The minimum absolute atomic E-state index is 0.207. The highest BCUT2D eigenvalue weighted by molar-refractivity contribution is 7.89. The summed E-state index contributed by atoms with van der Waals surface area (Å²) in [5.41, 5.74) is 5.61. The fourth-order valence-corrected chi connectivity index (χ4v) is 3.69. The zero-order chi connectivity index (χ0) is 15.1. The van der Waals surface area contributed by atoms with Gasteiger partial charge in [0, 0.05) is 19.6 Å². The summed E-state index contributed by atoms with van der Waals surface area (Å²) in [6, 6.07) is 0. The highest BCUT2D eigenvalue weighted by Crippen LogP contribution is 2.16. The summed E-state index contributed by atoms with van der Waals surface area (Å²) < 4.78 is 26.8. The van der Waals surface area contributed by atoms with E-state index in [1.165, 1.54) is 0 Å². The molecule has 0 aromatic carbocycles. The highest BCUT2D eigenvalue weighted by atomic mass is 32.2. The van der Waals surface area contributed by atoms with Crippen molar-refractivity contribution in [3.8, 4) is 0 Å². The third-order valence-electron chi connectivity index (χ3n) is 3.41. The Kier molecular flexibility index (Phi) is 8.86. The van der Waals surface area contributed by atoms with Crippen molar-refractivity contribution < 1.29 is 8.42 Å². The van der Waals surface area contributed by atoms with Gasteiger partial charge in [0.1, 0.15) is 0 Å². The van der Waals surface area contributed by atoms with Crippen molar-refractivity contribution in [3.63, 3.8) is 0 Å². The lowest BCUT2D eigenvalue weighted by Gasteiger charge is -2.27. The fraction of sp³-hybridized carbons (Fsp3) is 1.00. The maximum atomic E-state index is 12.6. The largest absolute Gasteiger partial charge is 0.329 e. The summed E-state index contributed by atoms with van der Waals surface area (Å²) in [4.78, 5) is 0. The number of rotatable bonds is 10. The Labute approximate surface area is 119 Å². The van der Waals surface area contributed by atoms with Crippen LogP contribution in [-0.2, 0) is 10.0 Å². The quantitative estimate of drug-likeness (QED) is 0.672. The molecular formula is C14H32N2O2S. The van der Waals surface area contributed by atoms with Crippen molar-refractivity contribution in [1.29, 1.82) is 0 Å². The molecule has 0 bridgehead atoms. The molecule has 0 aromatic heterocycles. The van der Waals surface area contributed by atoms with Crippen LogP contribution in [0.2, 0.25) is 0 Å². The summed E-state index contributed by atoms with van der Waals surface area (Å²) in [7, 11) is -3.25. The second kappa shape index (κ2) is 8.93. The molecule has 0 aliphatic carbocycles. The molecule has 0 spiro atoms. The maximum absolute atomic E-state index is 12.6. The first kappa shape index (κ1) is 18.9. The summed E-state index contributed by atoms with van der Waals surface area (Å²) in [5, 5.41) is -0.438. The first-order valence-electron chi connectivity index (χ1n) is 7.44. The van der Waals surface area contributed by atoms with Gasteiger partial charge in [0.15, 0.2) is 0 Å². The van der Waals surface area contributed by atoms with E-state index in [-0.39, 0.29) is 6.54 Å². The van der Waals surface area contributed by atoms with E-state index < -0.39 is 15.3 Å². The summed E-state index contributed by atoms with van der Waals surface area (Å²) in [5.74, 6) is 1.02. The third-order valence-corrected chi connectivity index (χ3v) is 5.86. The molecule has 0 amide bonds. The molecule has 0 saturated heterocycles. The van der Waals surface area contributed by atoms with Crippen molar-refractivity contribution in [1.82, 2.24) is 4.31 Å². The predicted molar refractivity (Wildman–Crippen MR) is 82.5 cm³/mol. The summed E-state index contributed by atoms with van der Waals surface area (Å²) >= 11 is 0. The first-order chi connectivity index (χ1) is 8.75. The van der Waals surface area contributed by atoms with Crippen molar-refractivity contribution in [2.75, 3.05) is 19.6 Å². The minimum Gasteiger partial charge on any atom is -0.329 e. The van der Waals surface area contributed by atoms with Gasteiger partial charge in [0.25, 0.3) is 0 Å². The van der Waals surface area contributed by atoms with E-state index in [1.807, 2.05) is 6.92 Å².